The molecule has 1 aromatic carbocycles. The maximum atomic E-state index is 13.4. The van der Waals surface area contributed by atoms with Gasteiger partial charge in [0.05, 0.1) is 11.1 Å². The van der Waals surface area contributed by atoms with Gasteiger partial charge in [-0.15, -0.1) is 0 Å². The van der Waals surface area contributed by atoms with Crippen molar-refractivity contribution in [2.75, 3.05) is 6.54 Å². The average Bonchev–Trinajstić information content (AvgIpc) is 2.32. The van der Waals surface area contributed by atoms with Crippen LogP contribution in [0.25, 0.3) is 0 Å². The summed E-state index contributed by atoms with van der Waals surface area (Å²) < 4.78 is 13.4. The Morgan fingerprint density at radius 2 is 2.06 bits per heavy atom. The van der Waals surface area contributed by atoms with Crippen molar-refractivity contribution in [3.63, 3.8) is 0 Å². The molecule has 18 heavy (non-hydrogen) atoms. The molecular weight excluding hydrogens is 276 g/mol. The summed E-state index contributed by atoms with van der Waals surface area (Å²) in [6.45, 7) is 4.27. The van der Waals surface area contributed by atoms with Gasteiger partial charge in [-0.05, 0) is 25.5 Å². The number of hydrogen-bond acceptors (Lipinski definition) is 2. The highest BCUT2D eigenvalue weighted by molar-refractivity contribution is 6.36. The molecule has 2 nitrogen and oxygen atoms in total. The van der Waals surface area contributed by atoms with Crippen LogP contribution in [0.15, 0.2) is 12.1 Å². The maximum Gasteiger partial charge on any atom is 0.142 e. The minimum atomic E-state index is -0.487. The van der Waals surface area contributed by atoms with Crippen molar-refractivity contribution >= 4 is 23.2 Å². The molecule has 102 valence electrons. The van der Waals surface area contributed by atoms with E-state index in [4.69, 9.17) is 23.2 Å². The highest BCUT2D eigenvalue weighted by Gasteiger charge is 2.17. The molecule has 1 aromatic rings. The Balaban J connectivity index is 2.72. The van der Waals surface area contributed by atoms with Crippen LogP contribution in [0.4, 0.5) is 4.39 Å². The molecule has 2 unspecified atom stereocenters. The lowest BCUT2D eigenvalue weighted by Gasteiger charge is -2.19. The van der Waals surface area contributed by atoms with E-state index in [9.17, 15) is 9.50 Å². The predicted molar refractivity (Wildman–Crippen MR) is 73.8 cm³/mol. The fourth-order valence-electron chi connectivity index (χ4n) is 1.79. The van der Waals surface area contributed by atoms with Gasteiger partial charge in [0.25, 0.3) is 0 Å². The minimum Gasteiger partial charge on any atom is -0.392 e. The lowest BCUT2D eigenvalue weighted by atomic mass is 10.1. The zero-order chi connectivity index (χ0) is 13.7. The van der Waals surface area contributed by atoms with Gasteiger partial charge < -0.3 is 10.4 Å². The van der Waals surface area contributed by atoms with Gasteiger partial charge in [0.15, 0.2) is 0 Å². The van der Waals surface area contributed by atoms with E-state index >= 15 is 0 Å². The summed E-state index contributed by atoms with van der Waals surface area (Å²) in [7, 11) is 0. The molecule has 1 rings (SSSR count). The van der Waals surface area contributed by atoms with E-state index in [0.717, 1.165) is 12.8 Å². The number of nitrogens with one attached hydrogen (secondary N) is 1. The third-order valence-corrected chi connectivity index (χ3v) is 3.51. The van der Waals surface area contributed by atoms with E-state index in [2.05, 4.69) is 5.32 Å². The van der Waals surface area contributed by atoms with Crippen molar-refractivity contribution < 1.29 is 9.50 Å². The van der Waals surface area contributed by atoms with E-state index in [1.807, 2.05) is 13.8 Å². The third-order valence-electron chi connectivity index (χ3n) is 2.79. The number of benzene rings is 1. The summed E-state index contributed by atoms with van der Waals surface area (Å²) in [5, 5.41) is 13.2. The van der Waals surface area contributed by atoms with Gasteiger partial charge in [-0.25, -0.2) is 4.39 Å². The number of aliphatic hydroxyl groups excluding tert-OH is 1. The first kappa shape index (κ1) is 15.7. The minimum absolute atomic E-state index is 0.0347. The first-order valence-electron chi connectivity index (χ1n) is 6.02. The zero-order valence-corrected chi connectivity index (χ0v) is 12.0. The highest BCUT2D eigenvalue weighted by atomic mass is 35.5. The topological polar surface area (TPSA) is 32.3 Å². The SMILES string of the molecule is CCCC(O)CNC(C)c1c(Cl)ccc(F)c1Cl. The molecule has 0 aliphatic rings. The highest BCUT2D eigenvalue weighted by Crippen LogP contribution is 2.32. The van der Waals surface area contributed by atoms with Crippen molar-refractivity contribution in [2.45, 2.75) is 38.8 Å². The molecule has 0 saturated heterocycles. The van der Waals surface area contributed by atoms with Gasteiger partial charge in [0, 0.05) is 23.2 Å². The van der Waals surface area contributed by atoms with E-state index in [-0.39, 0.29) is 11.1 Å². The van der Waals surface area contributed by atoms with E-state index in [1.165, 1.54) is 12.1 Å². The largest absolute Gasteiger partial charge is 0.392 e. The Hall–Kier alpha value is -0.350. The van der Waals surface area contributed by atoms with Crippen LogP contribution < -0.4 is 5.32 Å². The normalized spacial score (nSPS) is 14.6. The zero-order valence-electron chi connectivity index (χ0n) is 10.5. The van der Waals surface area contributed by atoms with Gasteiger partial charge in [-0.3, -0.25) is 0 Å². The summed E-state index contributed by atoms with van der Waals surface area (Å²) in [5.74, 6) is -0.487. The molecule has 0 bridgehead atoms. The van der Waals surface area contributed by atoms with Crippen LogP contribution in [-0.4, -0.2) is 17.8 Å². The van der Waals surface area contributed by atoms with Crippen LogP contribution in [0.1, 0.15) is 38.3 Å². The molecule has 0 aliphatic carbocycles. The van der Waals surface area contributed by atoms with E-state index in [0.29, 0.717) is 17.1 Å². The average molecular weight is 294 g/mol. The Bertz CT molecular complexity index is 401. The van der Waals surface area contributed by atoms with Gasteiger partial charge in [-0.1, -0.05) is 36.5 Å². The van der Waals surface area contributed by atoms with Crippen molar-refractivity contribution in [3.05, 3.63) is 33.6 Å². The van der Waals surface area contributed by atoms with Gasteiger partial charge >= 0.3 is 0 Å². The maximum absolute atomic E-state index is 13.4. The van der Waals surface area contributed by atoms with E-state index in [1.54, 1.807) is 0 Å². The molecule has 2 N–H and O–H groups in total. The summed E-state index contributed by atoms with van der Waals surface area (Å²) in [6, 6.07) is 2.51. The Morgan fingerprint density at radius 3 is 2.67 bits per heavy atom. The molecule has 0 heterocycles. The van der Waals surface area contributed by atoms with Crippen LogP contribution >= 0.6 is 23.2 Å². The molecule has 0 aromatic heterocycles. The van der Waals surface area contributed by atoms with Crippen LogP contribution in [0.3, 0.4) is 0 Å². The summed E-state index contributed by atoms with van der Waals surface area (Å²) in [6.07, 6.45) is 1.23. The van der Waals surface area contributed by atoms with Gasteiger partial charge in [-0.2, -0.15) is 0 Å². The van der Waals surface area contributed by atoms with Crippen LogP contribution in [-0.2, 0) is 0 Å². The molecule has 0 saturated carbocycles. The predicted octanol–water partition coefficient (Wildman–Crippen LogP) is 3.94. The quantitative estimate of drug-likeness (QED) is 0.779. The second-order valence-electron chi connectivity index (χ2n) is 4.33. The fraction of sp³-hybridized carbons (Fsp3) is 0.538. The molecule has 2 atom stereocenters. The van der Waals surface area contributed by atoms with E-state index < -0.39 is 11.9 Å². The Labute approximate surface area is 117 Å². The molecule has 0 aliphatic heterocycles. The monoisotopic (exact) mass is 293 g/mol. The molecule has 5 heteroatoms. The summed E-state index contributed by atoms with van der Waals surface area (Å²) in [5.41, 5.74) is 0.530. The number of rotatable bonds is 6. The lowest BCUT2D eigenvalue weighted by Crippen LogP contribution is -2.29. The lowest BCUT2D eigenvalue weighted by molar-refractivity contribution is 0.157. The van der Waals surface area contributed by atoms with Crippen LogP contribution in [0.2, 0.25) is 10.0 Å². The summed E-state index contributed by atoms with van der Waals surface area (Å²) >= 11 is 11.9. The fourth-order valence-corrected chi connectivity index (χ4v) is 2.49. The van der Waals surface area contributed by atoms with Crippen molar-refractivity contribution in [3.8, 4) is 0 Å². The van der Waals surface area contributed by atoms with Crippen LogP contribution in [0.5, 0.6) is 0 Å². The third kappa shape index (κ3) is 4.09. The second kappa shape index (κ2) is 7.29. The molecule has 0 amide bonds. The second-order valence-corrected chi connectivity index (χ2v) is 5.11. The summed E-state index contributed by atoms with van der Waals surface area (Å²) in [4.78, 5) is 0. The molecule has 0 fully saturated rings. The standard InChI is InChI=1S/C13H18Cl2FNO/c1-3-4-9(18)7-17-8(2)12-10(14)5-6-11(16)13(12)15/h5-6,8-9,17-18H,3-4,7H2,1-2H3. The van der Waals surface area contributed by atoms with Crippen LogP contribution in [0, 0.1) is 5.82 Å². The van der Waals surface area contributed by atoms with Crippen molar-refractivity contribution in [2.24, 2.45) is 0 Å². The first-order valence-corrected chi connectivity index (χ1v) is 6.77. The molecular formula is C13H18Cl2FNO. The van der Waals surface area contributed by atoms with Crippen molar-refractivity contribution in [1.82, 2.24) is 5.32 Å². The Kier molecular flexibility index (Phi) is 6.36. The van der Waals surface area contributed by atoms with Crippen molar-refractivity contribution in [1.29, 1.82) is 0 Å². The Morgan fingerprint density at radius 1 is 1.39 bits per heavy atom. The van der Waals surface area contributed by atoms with Gasteiger partial charge in [0.1, 0.15) is 5.82 Å². The number of hydrogen-bond donors (Lipinski definition) is 2. The van der Waals surface area contributed by atoms with Gasteiger partial charge in [0.2, 0.25) is 0 Å². The smallest absolute Gasteiger partial charge is 0.142 e. The molecule has 0 spiro atoms. The molecule has 0 radical (unpaired) electrons. The number of halogens is 3. The number of aliphatic hydroxyl groups is 1. The first-order chi connectivity index (χ1) is 8.47.